The molecule has 0 aliphatic rings. The maximum atomic E-state index is 13.2. The third kappa shape index (κ3) is 7.80. The summed E-state index contributed by atoms with van der Waals surface area (Å²) in [6, 6.07) is 18.5. The number of aliphatic imine (C=N–C) groups is 1. The quantitative estimate of drug-likeness (QED) is 0.295. The largest absolute Gasteiger partial charge is 0.466 e. The van der Waals surface area contributed by atoms with E-state index in [1.165, 1.54) is 7.11 Å². The summed E-state index contributed by atoms with van der Waals surface area (Å²) in [7, 11) is 1.34. The van der Waals surface area contributed by atoms with Crippen LogP contribution in [0.25, 0.3) is 0 Å². The first-order chi connectivity index (χ1) is 15.2. The van der Waals surface area contributed by atoms with E-state index in [0.717, 1.165) is 17.5 Å². The number of benzene rings is 2. The van der Waals surface area contributed by atoms with Crippen LogP contribution in [0.3, 0.4) is 0 Å². The Morgan fingerprint density at radius 3 is 1.94 bits per heavy atom. The summed E-state index contributed by atoms with van der Waals surface area (Å²) >= 11 is 0. The molecular weight excluding hydrogens is 402 g/mol. The molecule has 0 aliphatic heterocycles. The lowest BCUT2D eigenvalue weighted by Crippen LogP contribution is -2.32. The smallest absolute Gasteiger partial charge is 0.333 e. The van der Waals surface area contributed by atoms with E-state index >= 15 is 0 Å². The van der Waals surface area contributed by atoms with Crippen molar-refractivity contribution in [2.24, 2.45) is 4.99 Å². The Kier molecular flexibility index (Phi) is 9.39. The standard InChI is InChI=1S/C27H33NO4/c1-6-7-14-22(25(29)31-5)19-23(26(30)32-27(2,3)4)28-24(20-15-10-8-11-16-20)21-17-12-9-13-18-21/h8-18,23H,6-7,19H2,1-5H3/b22-14-/t23-/m0/s1. The predicted octanol–water partition coefficient (Wildman–Crippen LogP) is 5.52. The molecule has 0 bridgehead atoms. The lowest BCUT2D eigenvalue weighted by Gasteiger charge is -2.23. The van der Waals surface area contributed by atoms with Crippen molar-refractivity contribution in [2.45, 2.75) is 58.6 Å². The summed E-state index contributed by atoms with van der Waals surface area (Å²) in [6.45, 7) is 7.47. The Labute approximate surface area is 191 Å². The Bertz CT molecular complexity index is 899. The molecule has 0 saturated heterocycles. The minimum absolute atomic E-state index is 0.102. The molecule has 0 aliphatic carbocycles. The Morgan fingerprint density at radius 1 is 0.969 bits per heavy atom. The lowest BCUT2D eigenvalue weighted by atomic mass is 10.00. The second-order valence-corrected chi connectivity index (χ2v) is 8.47. The van der Waals surface area contributed by atoms with Crippen LogP contribution in [-0.4, -0.2) is 36.4 Å². The fourth-order valence-electron chi connectivity index (χ4n) is 3.12. The highest BCUT2D eigenvalue weighted by Gasteiger charge is 2.28. The molecule has 1 atom stereocenters. The van der Waals surface area contributed by atoms with Gasteiger partial charge in [0.1, 0.15) is 5.60 Å². The molecule has 32 heavy (non-hydrogen) atoms. The van der Waals surface area contributed by atoms with Crippen LogP contribution in [0.15, 0.2) is 77.3 Å². The zero-order chi connectivity index (χ0) is 23.6. The number of hydrogen-bond donors (Lipinski definition) is 0. The number of unbranched alkanes of at least 4 members (excludes halogenated alkanes) is 1. The molecule has 0 N–H and O–H groups in total. The third-order valence-corrected chi connectivity index (χ3v) is 4.60. The Hall–Kier alpha value is -3.21. The summed E-state index contributed by atoms with van der Waals surface area (Å²) in [4.78, 5) is 30.4. The number of methoxy groups -OCH3 is 1. The van der Waals surface area contributed by atoms with Gasteiger partial charge in [0.25, 0.3) is 0 Å². The van der Waals surface area contributed by atoms with Gasteiger partial charge in [-0.2, -0.15) is 0 Å². The van der Waals surface area contributed by atoms with Crippen molar-refractivity contribution in [1.82, 2.24) is 0 Å². The van der Waals surface area contributed by atoms with Gasteiger partial charge < -0.3 is 9.47 Å². The Balaban J connectivity index is 2.58. The van der Waals surface area contributed by atoms with Crippen LogP contribution in [0.2, 0.25) is 0 Å². The highest BCUT2D eigenvalue weighted by atomic mass is 16.6. The van der Waals surface area contributed by atoms with Gasteiger partial charge in [-0.1, -0.05) is 80.1 Å². The summed E-state index contributed by atoms with van der Waals surface area (Å²) in [5, 5.41) is 0. The molecule has 0 radical (unpaired) electrons. The van der Waals surface area contributed by atoms with Gasteiger partial charge in [-0.05, 0) is 27.2 Å². The second-order valence-electron chi connectivity index (χ2n) is 8.47. The average Bonchev–Trinajstić information content (AvgIpc) is 2.78. The maximum absolute atomic E-state index is 13.2. The van der Waals surface area contributed by atoms with E-state index < -0.39 is 23.6 Å². The molecule has 2 aromatic carbocycles. The van der Waals surface area contributed by atoms with E-state index in [0.29, 0.717) is 17.7 Å². The molecule has 0 saturated carbocycles. The van der Waals surface area contributed by atoms with Crippen molar-refractivity contribution in [2.75, 3.05) is 7.11 Å². The van der Waals surface area contributed by atoms with Crippen LogP contribution in [0.4, 0.5) is 0 Å². The van der Waals surface area contributed by atoms with Gasteiger partial charge in [0.2, 0.25) is 0 Å². The van der Waals surface area contributed by atoms with E-state index in [1.54, 1.807) is 0 Å². The molecule has 0 amide bonds. The van der Waals surface area contributed by atoms with Crippen LogP contribution < -0.4 is 0 Å². The van der Waals surface area contributed by atoms with Crippen LogP contribution >= 0.6 is 0 Å². The number of rotatable bonds is 9. The number of hydrogen-bond acceptors (Lipinski definition) is 5. The molecule has 2 aromatic rings. The van der Waals surface area contributed by atoms with Gasteiger partial charge in [0.05, 0.1) is 12.8 Å². The van der Waals surface area contributed by atoms with Crippen LogP contribution in [0.1, 0.15) is 58.1 Å². The normalized spacial score (nSPS) is 12.6. The van der Waals surface area contributed by atoms with Crippen LogP contribution in [0, 0.1) is 0 Å². The maximum Gasteiger partial charge on any atom is 0.333 e. The van der Waals surface area contributed by atoms with E-state index in [4.69, 9.17) is 14.5 Å². The minimum Gasteiger partial charge on any atom is -0.466 e. The molecule has 170 valence electrons. The van der Waals surface area contributed by atoms with Crippen molar-refractivity contribution in [3.63, 3.8) is 0 Å². The SMILES string of the molecule is CCC/C=C(/C[C@H](N=C(c1ccccc1)c1ccccc1)C(=O)OC(C)(C)C)C(=O)OC. The van der Waals surface area contributed by atoms with Crippen LogP contribution in [-0.2, 0) is 19.1 Å². The molecule has 5 heteroatoms. The summed E-state index contributed by atoms with van der Waals surface area (Å²) in [5.74, 6) is -0.934. The lowest BCUT2D eigenvalue weighted by molar-refractivity contribution is -0.156. The first-order valence-corrected chi connectivity index (χ1v) is 10.9. The van der Waals surface area contributed by atoms with Gasteiger partial charge in [0.15, 0.2) is 6.04 Å². The molecule has 0 spiro atoms. The summed E-state index contributed by atoms with van der Waals surface area (Å²) in [5.41, 5.74) is 2.17. The zero-order valence-electron chi connectivity index (χ0n) is 19.6. The molecular formula is C27H33NO4. The van der Waals surface area contributed by atoms with Crippen molar-refractivity contribution in [1.29, 1.82) is 0 Å². The molecule has 0 unspecified atom stereocenters. The van der Waals surface area contributed by atoms with E-state index in [-0.39, 0.29) is 6.42 Å². The topological polar surface area (TPSA) is 65.0 Å². The first-order valence-electron chi connectivity index (χ1n) is 10.9. The van der Waals surface area contributed by atoms with Gasteiger partial charge >= 0.3 is 11.9 Å². The van der Waals surface area contributed by atoms with Crippen molar-refractivity contribution in [3.8, 4) is 0 Å². The monoisotopic (exact) mass is 435 g/mol. The molecule has 0 heterocycles. The third-order valence-electron chi connectivity index (χ3n) is 4.60. The van der Waals surface area contributed by atoms with Gasteiger partial charge in [-0.25, -0.2) is 9.59 Å². The van der Waals surface area contributed by atoms with E-state index in [1.807, 2.05) is 94.4 Å². The van der Waals surface area contributed by atoms with Gasteiger partial charge in [-0.15, -0.1) is 0 Å². The minimum atomic E-state index is -0.896. The second kappa shape index (κ2) is 12.0. The molecule has 0 aromatic heterocycles. The average molecular weight is 436 g/mol. The van der Waals surface area contributed by atoms with Crippen molar-refractivity contribution < 1.29 is 19.1 Å². The van der Waals surface area contributed by atoms with Crippen molar-refractivity contribution >= 4 is 17.7 Å². The predicted molar refractivity (Wildman–Crippen MR) is 128 cm³/mol. The van der Waals surface area contributed by atoms with Gasteiger partial charge in [-0.3, -0.25) is 4.99 Å². The highest BCUT2D eigenvalue weighted by molar-refractivity contribution is 6.13. The number of esters is 2. The summed E-state index contributed by atoms with van der Waals surface area (Å²) in [6.07, 6.45) is 3.51. The number of allylic oxidation sites excluding steroid dienone is 1. The number of ether oxygens (including phenoxy) is 2. The molecule has 5 nitrogen and oxygen atoms in total. The van der Waals surface area contributed by atoms with Crippen LogP contribution in [0.5, 0.6) is 0 Å². The molecule has 0 fully saturated rings. The Morgan fingerprint density at radius 2 is 1.50 bits per heavy atom. The fraction of sp³-hybridized carbons (Fsp3) is 0.370. The van der Waals surface area contributed by atoms with E-state index in [2.05, 4.69) is 0 Å². The first kappa shape index (κ1) is 25.1. The number of nitrogens with zero attached hydrogens (tertiary/aromatic N) is 1. The molecule has 2 rings (SSSR count). The van der Waals surface area contributed by atoms with Gasteiger partial charge in [0, 0.05) is 23.1 Å². The van der Waals surface area contributed by atoms with Crippen molar-refractivity contribution in [3.05, 3.63) is 83.4 Å². The highest BCUT2D eigenvalue weighted by Crippen LogP contribution is 2.20. The van der Waals surface area contributed by atoms with E-state index in [9.17, 15) is 9.59 Å². The summed E-state index contributed by atoms with van der Waals surface area (Å²) < 4.78 is 10.6. The number of carbonyl (C=O) groups excluding carboxylic acids is 2. The fourth-order valence-corrected chi connectivity index (χ4v) is 3.12. The zero-order valence-corrected chi connectivity index (χ0v) is 19.6. The number of carbonyl (C=O) groups is 2.